The minimum absolute atomic E-state index is 0.313. The van der Waals surface area contributed by atoms with E-state index >= 15 is 0 Å². The number of nitrogens with zero attached hydrogens (tertiary/aromatic N) is 1. The highest BCUT2D eigenvalue weighted by Gasteiger charge is 2.29. The van der Waals surface area contributed by atoms with E-state index in [1.165, 1.54) is 12.8 Å². The first kappa shape index (κ1) is 9.81. The summed E-state index contributed by atoms with van der Waals surface area (Å²) in [6, 6.07) is 0.586. The summed E-state index contributed by atoms with van der Waals surface area (Å²) in [6.45, 7) is 8.69. The number of nitrogens with one attached hydrogen (secondary N) is 2. The zero-order chi connectivity index (χ0) is 10.2. The summed E-state index contributed by atoms with van der Waals surface area (Å²) in [6.07, 6.45) is 2.76. The summed E-state index contributed by atoms with van der Waals surface area (Å²) in [5.41, 5.74) is 0.313. The molecule has 1 aliphatic heterocycles. The molecule has 2 N–H and O–H groups in total. The number of aliphatic imine (C=N–C) groups is 1. The number of rotatable bonds is 2. The second-order valence-corrected chi connectivity index (χ2v) is 5.45. The Morgan fingerprint density at radius 1 is 1.50 bits per heavy atom. The summed E-state index contributed by atoms with van der Waals surface area (Å²) in [4.78, 5) is 4.53. The van der Waals surface area contributed by atoms with Crippen molar-refractivity contribution in [3.8, 4) is 0 Å². The molecule has 1 aliphatic carbocycles. The largest absolute Gasteiger partial charge is 0.356 e. The predicted molar refractivity (Wildman–Crippen MR) is 59.4 cm³/mol. The summed E-state index contributed by atoms with van der Waals surface area (Å²) in [5.74, 6) is 1.89. The van der Waals surface area contributed by atoms with E-state index in [1.54, 1.807) is 0 Å². The summed E-state index contributed by atoms with van der Waals surface area (Å²) >= 11 is 0. The SMILES string of the molecule is CC(NC1=NCC(C)(C)CN1)C1CC1. The Morgan fingerprint density at radius 2 is 2.21 bits per heavy atom. The molecule has 0 amide bonds. The maximum absolute atomic E-state index is 4.53. The van der Waals surface area contributed by atoms with Crippen LogP contribution >= 0.6 is 0 Å². The maximum Gasteiger partial charge on any atom is 0.191 e. The van der Waals surface area contributed by atoms with E-state index in [0.29, 0.717) is 11.5 Å². The Kier molecular flexibility index (Phi) is 2.41. The highest BCUT2D eigenvalue weighted by molar-refractivity contribution is 5.80. The molecule has 0 bridgehead atoms. The Morgan fingerprint density at radius 3 is 2.71 bits per heavy atom. The summed E-state index contributed by atoms with van der Waals surface area (Å²) in [7, 11) is 0. The van der Waals surface area contributed by atoms with Gasteiger partial charge in [0.2, 0.25) is 0 Å². The van der Waals surface area contributed by atoms with Gasteiger partial charge in [-0.15, -0.1) is 0 Å². The van der Waals surface area contributed by atoms with Gasteiger partial charge in [0.25, 0.3) is 0 Å². The molecular formula is C11H21N3. The van der Waals surface area contributed by atoms with Crippen molar-refractivity contribution in [1.29, 1.82) is 0 Å². The van der Waals surface area contributed by atoms with E-state index in [2.05, 4.69) is 36.4 Å². The quantitative estimate of drug-likeness (QED) is 0.698. The van der Waals surface area contributed by atoms with Crippen molar-refractivity contribution in [1.82, 2.24) is 10.6 Å². The zero-order valence-electron chi connectivity index (χ0n) is 9.43. The Balaban J connectivity index is 1.84. The molecule has 1 heterocycles. The fourth-order valence-electron chi connectivity index (χ4n) is 1.75. The molecule has 3 heteroatoms. The van der Waals surface area contributed by atoms with Crippen LogP contribution in [0.3, 0.4) is 0 Å². The molecule has 1 unspecified atom stereocenters. The van der Waals surface area contributed by atoms with E-state index in [-0.39, 0.29) is 0 Å². The molecule has 0 aromatic carbocycles. The van der Waals surface area contributed by atoms with Crippen molar-refractivity contribution in [2.24, 2.45) is 16.3 Å². The van der Waals surface area contributed by atoms with Crippen molar-refractivity contribution in [3.63, 3.8) is 0 Å². The highest BCUT2D eigenvalue weighted by atomic mass is 15.2. The van der Waals surface area contributed by atoms with Crippen LogP contribution in [0, 0.1) is 11.3 Å². The molecule has 2 rings (SSSR count). The van der Waals surface area contributed by atoms with Gasteiger partial charge in [-0.05, 0) is 25.7 Å². The van der Waals surface area contributed by atoms with Gasteiger partial charge in [-0.1, -0.05) is 13.8 Å². The van der Waals surface area contributed by atoms with Crippen LogP contribution in [0.4, 0.5) is 0 Å². The van der Waals surface area contributed by atoms with Crippen LogP contribution < -0.4 is 10.6 Å². The van der Waals surface area contributed by atoms with Gasteiger partial charge in [-0.3, -0.25) is 4.99 Å². The van der Waals surface area contributed by atoms with Gasteiger partial charge in [-0.25, -0.2) is 0 Å². The molecule has 0 aromatic heterocycles. The topological polar surface area (TPSA) is 36.4 Å². The molecule has 0 saturated heterocycles. The van der Waals surface area contributed by atoms with Gasteiger partial charge in [0.15, 0.2) is 5.96 Å². The van der Waals surface area contributed by atoms with Gasteiger partial charge in [-0.2, -0.15) is 0 Å². The third kappa shape index (κ3) is 2.40. The molecule has 0 radical (unpaired) electrons. The van der Waals surface area contributed by atoms with Gasteiger partial charge in [0, 0.05) is 24.5 Å². The first-order valence-electron chi connectivity index (χ1n) is 5.62. The van der Waals surface area contributed by atoms with Gasteiger partial charge in [0.1, 0.15) is 0 Å². The molecule has 0 aromatic rings. The van der Waals surface area contributed by atoms with E-state index in [1.807, 2.05) is 0 Å². The minimum atomic E-state index is 0.313. The predicted octanol–water partition coefficient (Wildman–Crippen LogP) is 1.36. The number of guanidine groups is 1. The average molecular weight is 195 g/mol. The molecule has 1 fully saturated rings. The standard InChI is InChI=1S/C11H21N3/c1-8(9-4-5-9)14-10-12-6-11(2,3)7-13-10/h8-9H,4-7H2,1-3H3,(H2,12,13,14). The number of hydrogen-bond donors (Lipinski definition) is 2. The van der Waals surface area contributed by atoms with Crippen LogP contribution in [0.1, 0.15) is 33.6 Å². The van der Waals surface area contributed by atoms with Crippen LogP contribution in [0.2, 0.25) is 0 Å². The van der Waals surface area contributed by atoms with Crippen LogP contribution in [0.25, 0.3) is 0 Å². The van der Waals surface area contributed by atoms with Gasteiger partial charge < -0.3 is 10.6 Å². The summed E-state index contributed by atoms with van der Waals surface area (Å²) < 4.78 is 0. The van der Waals surface area contributed by atoms with Crippen molar-refractivity contribution >= 4 is 5.96 Å². The fourth-order valence-corrected chi connectivity index (χ4v) is 1.75. The maximum atomic E-state index is 4.53. The van der Waals surface area contributed by atoms with Crippen LogP contribution in [0.15, 0.2) is 4.99 Å². The Labute approximate surface area is 86.4 Å². The van der Waals surface area contributed by atoms with Crippen LogP contribution in [-0.2, 0) is 0 Å². The molecule has 1 atom stereocenters. The van der Waals surface area contributed by atoms with Gasteiger partial charge >= 0.3 is 0 Å². The summed E-state index contributed by atoms with van der Waals surface area (Å²) in [5, 5.41) is 6.82. The minimum Gasteiger partial charge on any atom is -0.356 e. The fraction of sp³-hybridized carbons (Fsp3) is 0.909. The second-order valence-electron chi connectivity index (χ2n) is 5.45. The lowest BCUT2D eigenvalue weighted by Crippen LogP contribution is -2.50. The molecule has 3 nitrogen and oxygen atoms in total. The first-order valence-corrected chi connectivity index (χ1v) is 5.62. The smallest absolute Gasteiger partial charge is 0.191 e. The van der Waals surface area contributed by atoms with Crippen LogP contribution in [-0.4, -0.2) is 25.1 Å². The lowest BCUT2D eigenvalue weighted by molar-refractivity contribution is 0.355. The van der Waals surface area contributed by atoms with E-state index in [4.69, 9.17) is 0 Å². The monoisotopic (exact) mass is 195 g/mol. The van der Waals surface area contributed by atoms with E-state index in [9.17, 15) is 0 Å². The van der Waals surface area contributed by atoms with E-state index in [0.717, 1.165) is 25.0 Å². The van der Waals surface area contributed by atoms with Crippen molar-refractivity contribution < 1.29 is 0 Å². The lowest BCUT2D eigenvalue weighted by atomic mass is 9.93. The molecular weight excluding hydrogens is 174 g/mol. The average Bonchev–Trinajstić information content (AvgIpc) is 2.91. The molecule has 0 spiro atoms. The normalized spacial score (nSPS) is 27.5. The van der Waals surface area contributed by atoms with Crippen molar-refractivity contribution in [2.75, 3.05) is 13.1 Å². The van der Waals surface area contributed by atoms with Crippen molar-refractivity contribution in [2.45, 2.75) is 39.7 Å². The number of hydrogen-bond acceptors (Lipinski definition) is 3. The molecule has 1 saturated carbocycles. The zero-order valence-corrected chi connectivity index (χ0v) is 9.43. The Bertz CT molecular complexity index is 241. The Hall–Kier alpha value is -0.730. The molecule has 14 heavy (non-hydrogen) atoms. The van der Waals surface area contributed by atoms with Gasteiger partial charge in [0.05, 0.1) is 0 Å². The van der Waals surface area contributed by atoms with E-state index < -0.39 is 0 Å². The second kappa shape index (κ2) is 3.44. The third-order valence-electron chi connectivity index (χ3n) is 3.09. The van der Waals surface area contributed by atoms with Crippen LogP contribution in [0.5, 0.6) is 0 Å². The highest BCUT2D eigenvalue weighted by Crippen LogP contribution is 2.32. The third-order valence-corrected chi connectivity index (χ3v) is 3.09. The first-order chi connectivity index (χ1) is 6.57. The molecule has 80 valence electrons. The lowest BCUT2D eigenvalue weighted by Gasteiger charge is -2.30. The molecule has 2 aliphatic rings. The van der Waals surface area contributed by atoms with Crippen molar-refractivity contribution in [3.05, 3.63) is 0 Å².